The molecule has 0 aliphatic heterocycles. The number of amides is 2. The van der Waals surface area contributed by atoms with Crippen molar-refractivity contribution in [2.24, 2.45) is 5.73 Å². The van der Waals surface area contributed by atoms with Crippen LogP contribution in [0.25, 0.3) is 0 Å². The van der Waals surface area contributed by atoms with E-state index in [2.05, 4.69) is 5.73 Å². The number of aliphatic carboxylic acids is 1. The Bertz CT molecular complexity index is 138. The summed E-state index contributed by atoms with van der Waals surface area (Å²) in [6, 6.07) is -1.74. The van der Waals surface area contributed by atoms with Crippen molar-refractivity contribution in [2.45, 2.75) is 13.0 Å². The third kappa shape index (κ3) is 6.50. The number of rotatable bonds is 2. The van der Waals surface area contributed by atoms with Crippen molar-refractivity contribution in [1.29, 1.82) is 0 Å². The molecule has 52 valence electrons. The molecule has 0 saturated carbocycles. The summed E-state index contributed by atoms with van der Waals surface area (Å²) in [6.45, 7) is 1.33. The molecule has 5 nitrogen and oxygen atoms in total. The Balaban J connectivity index is 0. The van der Waals surface area contributed by atoms with E-state index >= 15 is 0 Å². The summed E-state index contributed by atoms with van der Waals surface area (Å²) >= 11 is 0. The quantitative estimate of drug-likeness (QED) is 0.371. The Kier molecular flexibility index (Phi) is 7.94. The van der Waals surface area contributed by atoms with Gasteiger partial charge in [-0.25, -0.2) is 4.79 Å². The molecule has 0 fully saturated rings. The van der Waals surface area contributed by atoms with Gasteiger partial charge >= 0.3 is 63.4 Å². The summed E-state index contributed by atoms with van der Waals surface area (Å²) in [5.74, 6) is -1.10. The molecule has 2 amide bonds. The first-order valence-electron chi connectivity index (χ1n) is 2.33. The molecule has 0 radical (unpaired) electrons. The van der Waals surface area contributed by atoms with Gasteiger partial charge in [-0.05, 0) is 6.92 Å². The van der Waals surface area contributed by atoms with Gasteiger partial charge in [-0.3, -0.25) is 4.79 Å². The maximum Gasteiger partial charge on any atom is 1.00 e. The Morgan fingerprint density at radius 3 is 2.10 bits per heavy atom. The van der Waals surface area contributed by atoms with Crippen LogP contribution in [0.5, 0.6) is 0 Å². The summed E-state index contributed by atoms with van der Waals surface area (Å²) in [5, 5.41) is 10.1. The fourth-order valence-corrected chi connectivity index (χ4v) is 0.275. The van der Waals surface area contributed by atoms with Crippen LogP contribution in [0.2, 0.25) is 0 Å². The number of nitrogens with two attached hydrogens (primary N) is 1. The topological polar surface area (TPSA) is 92.4 Å². The first kappa shape index (κ1) is 13.0. The molecule has 0 aromatic heterocycles. The number of carbonyl (C=O) groups excluding carboxylic acids is 1. The smallest absolute Gasteiger partial charge is 0.480 e. The summed E-state index contributed by atoms with van der Waals surface area (Å²) in [4.78, 5) is 19.9. The standard InChI is InChI=1S/C4H8N2O3.K/c1-2(3(7)8)6-4(5)9;/h2H,1H3,(H,7,8)(H3,5,6,9);/q;+1. The third-order valence-electron chi connectivity index (χ3n) is 0.729. The zero-order chi connectivity index (χ0) is 7.44. The predicted octanol–water partition coefficient (Wildman–Crippen LogP) is -3.87. The van der Waals surface area contributed by atoms with Crippen LogP contribution in [0.3, 0.4) is 0 Å². The first-order valence-corrected chi connectivity index (χ1v) is 2.33. The van der Waals surface area contributed by atoms with Gasteiger partial charge in [0.2, 0.25) is 0 Å². The summed E-state index contributed by atoms with van der Waals surface area (Å²) in [5.41, 5.74) is 4.62. The minimum atomic E-state index is -1.10. The van der Waals surface area contributed by atoms with Crippen molar-refractivity contribution < 1.29 is 66.1 Å². The second-order valence-electron chi connectivity index (χ2n) is 1.57. The van der Waals surface area contributed by atoms with Crippen LogP contribution < -0.4 is 62.4 Å². The van der Waals surface area contributed by atoms with Gasteiger partial charge in [0.05, 0.1) is 0 Å². The van der Waals surface area contributed by atoms with Crippen molar-refractivity contribution in [2.75, 3.05) is 0 Å². The number of carboxylic acid groups (broad SMARTS) is 1. The molecular weight excluding hydrogens is 163 g/mol. The number of primary amides is 1. The van der Waals surface area contributed by atoms with E-state index in [0.29, 0.717) is 0 Å². The molecule has 4 N–H and O–H groups in total. The number of nitrogens with one attached hydrogen (secondary N) is 1. The number of carbonyl (C=O) groups is 2. The van der Waals surface area contributed by atoms with Crippen molar-refractivity contribution in [3.63, 3.8) is 0 Å². The van der Waals surface area contributed by atoms with E-state index in [-0.39, 0.29) is 51.4 Å². The molecular formula is C4H8KN2O3+. The summed E-state index contributed by atoms with van der Waals surface area (Å²) in [6.07, 6.45) is 0. The maximum absolute atomic E-state index is 9.96. The maximum atomic E-state index is 9.96. The van der Waals surface area contributed by atoms with E-state index in [1.165, 1.54) is 6.92 Å². The zero-order valence-electron chi connectivity index (χ0n) is 5.92. The van der Waals surface area contributed by atoms with Gasteiger partial charge in [0.1, 0.15) is 6.04 Å². The van der Waals surface area contributed by atoms with Gasteiger partial charge in [0.15, 0.2) is 0 Å². The van der Waals surface area contributed by atoms with Crippen LogP contribution in [-0.4, -0.2) is 23.1 Å². The Morgan fingerprint density at radius 1 is 1.60 bits per heavy atom. The predicted molar refractivity (Wildman–Crippen MR) is 29.8 cm³/mol. The van der Waals surface area contributed by atoms with Crippen molar-refractivity contribution in [3.05, 3.63) is 0 Å². The minimum Gasteiger partial charge on any atom is -0.480 e. The van der Waals surface area contributed by atoms with Crippen molar-refractivity contribution >= 4 is 12.0 Å². The molecule has 0 aromatic carbocycles. The molecule has 0 aliphatic carbocycles. The van der Waals surface area contributed by atoms with Crippen LogP contribution in [0.1, 0.15) is 6.92 Å². The normalized spacial score (nSPS) is 10.9. The van der Waals surface area contributed by atoms with Gasteiger partial charge in [0.25, 0.3) is 0 Å². The third-order valence-corrected chi connectivity index (χ3v) is 0.729. The molecule has 0 aromatic rings. The van der Waals surface area contributed by atoms with Gasteiger partial charge in [-0.15, -0.1) is 0 Å². The van der Waals surface area contributed by atoms with E-state index in [1.54, 1.807) is 0 Å². The number of urea groups is 1. The first-order chi connectivity index (χ1) is 4.04. The van der Waals surface area contributed by atoms with Crippen LogP contribution >= 0.6 is 0 Å². The summed E-state index contributed by atoms with van der Waals surface area (Å²) in [7, 11) is 0. The fourth-order valence-electron chi connectivity index (χ4n) is 0.275. The van der Waals surface area contributed by atoms with Crippen LogP contribution in [0, 0.1) is 0 Å². The van der Waals surface area contributed by atoms with Gasteiger partial charge in [-0.1, -0.05) is 0 Å². The van der Waals surface area contributed by atoms with Crippen molar-refractivity contribution in [3.8, 4) is 0 Å². The van der Waals surface area contributed by atoms with E-state index in [1.807, 2.05) is 5.32 Å². The molecule has 0 rings (SSSR count). The average molecular weight is 171 g/mol. The van der Waals surface area contributed by atoms with Gasteiger partial charge < -0.3 is 16.2 Å². The van der Waals surface area contributed by atoms with Gasteiger partial charge in [-0.2, -0.15) is 0 Å². The number of carboxylic acids is 1. The SMILES string of the molecule is CC(NC(N)=O)C(=O)O.[K+]. The van der Waals surface area contributed by atoms with E-state index < -0.39 is 18.0 Å². The van der Waals surface area contributed by atoms with Crippen LogP contribution in [0.4, 0.5) is 4.79 Å². The molecule has 0 heterocycles. The second-order valence-corrected chi connectivity index (χ2v) is 1.57. The largest absolute Gasteiger partial charge is 1.00 e. The Morgan fingerprint density at radius 2 is 2.00 bits per heavy atom. The monoisotopic (exact) mass is 171 g/mol. The zero-order valence-corrected chi connectivity index (χ0v) is 9.04. The fraction of sp³-hybridized carbons (Fsp3) is 0.500. The van der Waals surface area contributed by atoms with Crippen LogP contribution in [-0.2, 0) is 4.79 Å². The molecule has 6 heteroatoms. The molecule has 10 heavy (non-hydrogen) atoms. The molecule has 1 unspecified atom stereocenters. The Labute approximate surface area is 101 Å². The average Bonchev–Trinajstić information content (AvgIpc) is 1.63. The van der Waals surface area contributed by atoms with E-state index in [9.17, 15) is 9.59 Å². The molecule has 0 saturated heterocycles. The number of hydrogen-bond donors (Lipinski definition) is 3. The van der Waals surface area contributed by atoms with E-state index in [4.69, 9.17) is 5.11 Å². The van der Waals surface area contributed by atoms with E-state index in [0.717, 1.165) is 0 Å². The molecule has 0 spiro atoms. The van der Waals surface area contributed by atoms with Crippen LogP contribution in [0.15, 0.2) is 0 Å². The molecule has 0 aliphatic rings. The summed E-state index contributed by atoms with van der Waals surface area (Å²) < 4.78 is 0. The van der Waals surface area contributed by atoms with Crippen molar-refractivity contribution in [1.82, 2.24) is 5.32 Å². The second kappa shape index (κ2) is 6.11. The number of hydrogen-bond acceptors (Lipinski definition) is 2. The molecule has 0 bridgehead atoms. The minimum absolute atomic E-state index is 0. The molecule has 1 atom stereocenters. The van der Waals surface area contributed by atoms with Gasteiger partial charge in [0, 0.05) is 0 Å². The Hall–Kier alpha value is 0.376.